The normalized spacial score (nSPS) is 10.9. The molecule has 2 rings (SSSR count). The van der Waals surface area contributed by atoms with Crippen molar-refractivity contribution in [2.24, 2.45) is 0 Å². The average molecular weight is 277 g/mol. The summed E-state index contributed by atoms with van der Waals surface area (Å²) in [7, 11) is 0. The second-order valence-electron chi connectivity index (χ2n) is 4.08. The fraction of sp³-hybridized carbons (Fsp3) is 0.0714. The van der Waals surface area contributed by atoms with Crippen LogP contribution in [-0.2, 0) is 6.18 Å². The number of benzene rings is 2. The molecular weight excluding hydrogens is 267 g/mol. The molecular formula is C14H10F3N3. The van der Waals surface area contributed by atoms with Crippen molar-refractivity contribution in [3.05, 3.63) is 53.6 Å². The number of alkyl halides is 3. The van der Waals surface area contributed by atoms with Crippen molar-refractivity contribution in [3.63, 3.8) is 0 Å². The Morgan fingerprint density at radius 1 is 1.10 bits per heavy atom. The number of nitriles is 1. The summed E-state index contributed by atoms with van der Waals surface area (Å²) >= 11 is 0. The maximum atomic E-state index is 12.8. The number of hydrogen-bond acceptors (Lipinski definition) is 3. The molecule has 0 atom stereocenters. The second-order valence-corrected chi connectivity index (χ2v) is 4.08. The summed E-state index contributed by atoms with van der Waals surface area (Å²) in [6.45, 7) is 0. The third kappa shape index (κ3) is 2.83. The zero-order chi connectivity index (χ0) is 14.8. The van der Waals surface area contributed by atoms with E-state index in [1.54, 1.807) is 0 Å². The van der Waals surface area contributed by atoms with Gasteiger partial charge in [-0.2, -0.15) is 18.4 Å². The van der Waals surface area contributed by atoms with Crippen LogP contribution in [0.25, 0.3) is 0 Å². The molecule has 0 aliphatic rings. The Balaban J connectivity index is 2.36. The summed E-state index contributed by atoms with van der Waals surface area (Å²) in [5.74, 6) is 0. The predicted molar refractivity (Wildman–Crippen MR) is 70.3 cm³/mol. The maximum absolute atomic E-state index is 12.8. The van der Waals surface area contributed by atoms with Crippen LogP contribution in [0.15, 0.2) is 42.5 Å². The highest BCUT2D eigenvalue weighted by Crippen LogP contribution is 2.36. The number of nitrogens with one attached hydrogen (secondary N) is 1. The molecule has 3 N–H and O–H groups in total. The van der Waals surface area contributed by atoms with Gasteiger partial charge >= 0.3 is 6.18 Å². The van der Waals surface area contributed by atoms with Crippen LogP contribution in [0.4, 0.5) is 30.2 Å². The zero-order valence-electron chi connectivity index (χ0n) is 10.2. The number of anilines is 3. The van der Waals surface area contributed by atoms with Crippen molar-refractivity contribution in [3.8, 4) is 6.07 Å². The Bertz CT molecular complexity index is 672. The van der Waals surface area contributed by atoms with Crippen molar-refractivity contribution in [2.75, 3.05) is 11.1 Å². The van der Waals surface area contributed by atoms with E-state index in [0.717, 1.165) is 6.07 Å². The van der Waals surface area contributed by atoms with Crippen molar-refractivity contribution in [1.29, 1.82) is 5.26 Å². The van der Waals surface area contributed by atoms with Gasteiger partial charge in [0.1, 0.15) is 6.07 Å². The van der Waals surface area contributed by atoms with Crippen LogP contribution in [0.3, 0.4) is 0 Å². The van der Waals surface area contributed by atoms with Crippen LogP contribution in [0, 0.1) is 11.3 Å². The molecule has 0 unspecified atom stereocenters. The number of nitrogens with two attached hydrogens (primary N) is 1. The number of nitrogens with zero attached hydrogens (tertiary/aromatic N) is 1. The highest BCUT2D eigenvalue weighted by molar-refractivity contribution is 5.69. The van der Waals surface area contributed by atoms with E-state index in [1.165, 1.54) is 36.4 Å². The molecule has 0 radical (unpaired) electrons. The van der Waals surface area contributed by atoms with Gasteiger partial charge in [-0.1, -0.05) is 12.1 Å². The van der Waals surface area contributed by atoms with Gasteiger partial charge in [-0.05, 0) is 30.3 Å². The van der Waals surface area contributed by atoms with Crippen molar-refractivity contribution >= 4 is 17.1 Å². The van der Waals surface area contributed by atoms with Crippen molar-refractivity contribution in [1.82, 2.24) is 0 Å². The lowest BCUT2D eigenvalue weighted by molar-refractivity contribution is -0.136. The number of hydrogen-bond donors (Lipinski definition) is 2. The molecule has 20 heavy (non-hydrogen) atoms. The van der Waals surface area contributed by atoms with E-state index >= 15 is 0 Å². The highest BCUT2D eigenvalue weighted by atomic mass is 19.4. The molecule has 0 fully saturated rings. The first kappa shape index (κ1) is 13.7. The van der Waals surface area contributed by atoms with E-state index in [2.05, 4.69) is 5.32 Å². The second kappa shape index (κ2) is 5.13. The Morgan fingerprint density at radius 3 is 2.40 bits per heavy atom. The molecule has 0 bridgehead atoms. The molecule has 3 nitrogen and oxygen atoms in total. The smallest absolute Gasteiger partial charge is 0.398 e. The molecule has 6 heteroatoms. The van der Waals surface area contributed by atoms with E-state index < -0.39 is 11.7 Å². The minimum atomic E-state index is -4.44. The minimum Gasteiger partial charge on any atom is -0.398 e. The molecule has 0 saturated heterocycles. The summed E-state index contributed by atoms with van der Waals surface area (Å²) in [5, 5.41) is 11.4. The molecule has 0 aliphatic carbocycles. The third-order valence-electron chi connectivity index (χ3n) is 2.68. The van der Waals surface area contributed by atoms with Gasteiger partial charge in [-0.15, -0.1) is 0 Å². The van der Waals surface area contributed by atoms with E-state index in [9.17, 15) is 13.2 Å². The SMILES string of the molecule is N#Cc1ccc(Nc2ccccc2C(F)(F)F)cc1N. The zero-order valence-corrected chi connectivity index (χ0v) is 10.2. The van der Waals surface area contributed by atoms with Gasteiger partial charge in [-0.25, -0.2) is 0 Å². The van der Waals surface area contributed by atoms with E-state index in [0.29, 0.717) is 5.69 Å². The van der Waals surface area contributed by atoms with Crippen LogP contribution in [0.5, 0.6) is 0 Å². The molecule has 102 valence electrons. The standard InChI is InChI=1S/C14H10F3N3/c15-14(16,17)11-3-1-2-4-13(11)20-10-6-5-9(8-18)12(19)7-10/h1-7,20H,19H2. The van der Waals surface area contributed by atoms with Crippen LogP contribution in [-0.4, -0.2) is 0 Å². The molecule has 2 aromatic rings. The molecule has 0 spiro atoms. The van der Waals surface area contributed by atoms with Gasteiger partial charge in [0.05, 0.1) is 22.5 Å². The lowest BCUT2D eigenvalue weighted by atomic mass is 10.1. The van der Waals surface area contributed by atoms with Crippen LogP contribution < -0.4 is 11.1 Å². The van der Waals surface area contributed by atoms with E-state index in [1.807, 2.05) is 6.07 Å². The van der Waals surface area contributed by atoms with Gasteiger partial charge in [0, 0.05) is 5.69 Å². The number of rotatable bonds is 2. The maximum Gasteiger partial charge on any atom is 0.418 e. The lowest BCUT2D eigenvalue weighted by Gasteiger charge is -2.14. The van der Waals surface area contributed by atoms with Crippen LogP contribution >= 0.6 is 0 Å². The van der Waals surface area contributed by atoms with Gasteiger partial charge in [0.2, 0.25) is 0 Å². The summed E-state index contributed by atoms with van der Waals surface area (Å²) in [6.07, 6.45) is -4.44. The minimum absolute atomic E-state index is 0.0656. The molecule has 0 amide bonds. The summed E-state index contributed by atoms with van der Waals surface area (Å²) in [4.78, 5) is 0. The highest BCUT2D eigenvalue weighted by Gasteiger charge is 2.33. The molecule has 0 saturated carbocycles. The number of halogens is 3. The lowest BCUT2D eigenvalue weighted by Crippen LogP contribution is -2.08. The quantitative estimate of drug-likeness (QED) is 0.818. The van der Waals surface area contributed by atoms with Gasteiger partial charge < -0.3 is 11.1 Å². The van der Waals surface area contributed by atoms with Crippen molar-refractivity contribution < 1.29 is 13.2 Å². The summed E-state index contributed by atoms with van der Waals surface area (Å²) < 4.78 is 38.5. The first-order valence-corrected chi connectivity index (χ1v) is 5.64. The van der Waals surface area contributed by atoms with Crippen LogP contribution in [0.2, 0.25) is 0 Å². The fourth-order valence-electron chi connectivity index (χ4n) is 1.74. The van der Waals surface area contributed by atoms with Gasteiger partial charge in [-0.3, -0.25) is 0 Å². The molecule has 0 heterocycles. The third-order valence-corrected chi connectivity index (χ3v) is 2.68. The first-order valence-electron chi connectivity index (χ1n) is 5.64. The Kier molecular flexibility index (Phi) is 3.53. The molecule has 2 aromatic carbocycles. The largest absolute Gasteiger partial charge is 0.418 e. The molecule has 0 aliphatic heterocycles. The van der Waals surface area contributed by atoms with Gasteiger partial charge in [0.15, 0.2) is 0 Å². The topological polar surface area (TPSA) is 61.8 Å². The summed E-state index contributed by atoms with van der Waals surface area (Å²) in [5.41, 5.74) is 5.67. The number of para-hydroxylation sites is 1. The predicted octanol–water partition coefficient (Wildman–Crippen LogP) is 3.90. The van der Waals surface area contributed by atoms with Gasteiger partial charge in [0.25, 0.3) is 0 Å². The summed E-state index contributed by atoms with van der Waals surface area (Å²) in [6, 6.07) is 11.4. The van der Waals surface area contributed by atoms with E-state index in [-0.39, 0.29) is 16.9 Å². The van der Waals surface area contributed by atoms with E-state index in [4.69, 9.17) is 11.0 Å². The molecule has 0 aromatic heterocycles. The fourth-order valence-corrected chi connectivity index (χ4v) is 1.74. The van der Waals surface area contributed by atoms with Crippen LogP contribution in [0.1, 0.15) is 11.1 Å². The Hall–Kier alpha value is -2.68. The van der Waals surface area contributed by atoms with Crippen molar-refractivity contribution in [2.45, 2.75) is 6.18 Å². The Labute approximate surface area is 113 Å². The monoisotopic (exact) mass is 277 g/mol. The number of nitrogen functional groups attached to an aromatic ring is 1. The average Bonchev–Trinajstić information content (AvgIpc) is 2.38. The first-order chi connectivity index (χ1) is 9.41. The Morgan fingerprint density at radius 2 is 1.80 bits per heavy atom.